The average Bonchev–Trinajstić information content (AvgIpc) is 3.23. The molecule has 0 bridgehead atoms. The molecular formula is C23H22N8O2. The molecule has 1 atom stereocenters. The number of aromatic amines is 1. The van der Waals surface area contributed by atoms with Gasteiger partial charge in [0.2, 0.25) is 0 Å². The summed E-state index contributed by atoms with van der Waals surface area (Å²) in [7, 11) is 0. The van der Waals surface area contributed by atoms with Gasteiger partial charge in [-0.15, -0.1) is 9.78 Å². The highest BCUT2D eigenvalue weighted by molar-refractivity contribution is 5.95. The van der Waals surface area contributed by atoms with Gasteiger partial charge in [0.15, 0.2) is 5.82 Å². The van der Waals surface area contributed by atoms with Crippen LogP contribution in [0.1, 0.15) is 23.0 Å². The van der Waals surface area contributed by atoms with Gasteiger partial charge >= 0.3 is 5.69 Å². The first kappa shape index (κ1) is 21.5. The monoisotopic (exact) mass is 442 g/mol. The highest BCUT2D eigenvalue weighted by Crippen LogP contribution is 2.27. The summed E-state index contributed by atoms with van der Waals surface area (Å²) < 4.78 is 6.78. The van der Waals surface area contributed by atoms with E-state index in [4.69, 9.17) is 15.9 Å². The summed E-state index contributed by atoms with van der Waals surface area (Å²) in [6.07, 6.45) is 4.74. The molecule has 0 amide bonds. The van der Waals surface area contributed by atoms with Crippen molar-refractivity contribution in [1.82, 2.24) is 24.7 Å². The molecule has 2 heterocycles. The van der Waals surface area contributed by atoms with Crippen molar-refractivity contribution < 1.29 is 4.74 Å². The Labute approximate surface area is 189 Å². The maximum Gasteiger partial charge on any atom is 0.350 e. The van der Waals surface area contributed by atoms with Gasteiger partial charge in [-0.05, 0) is 48.0 Å². The van der Waals surface area contributed by atoms with Gasteiger partial charge in [0.05, 0.1) is 0 Å². The van der Waals surface area contributed by atoms with E-state index in [2.05, 4.69) is 31.9 Å². The minimum absolute atomic E-state index is 0.0175. The van der Waals surface area contributed by atoms with E-state index in [0.29, 0.717) is 23.7 Å². The summed E-state index contributed by atoms with van der Waals surface area (Å²) >= 11 is 0. The fourth-order valence-electron chi connectivity index (χ4n) is 3.17. The van der Waals surface area contributed by atoms with Crippen molar-refractivity contribution in [2.75, 3.05) is 11.9 Å². The van der Waals surface area contributed by atoms with E-state index < -0.39 is 11.7 Å². The first-order valence-electron chi connectivity index (χ1n) is 10.1. The lowest BCUT2D eigenvalue weighted by atomic mass is 10.0. The standard InChI is InChI=1S/C23H22N8O2/c1-2-13-33-18-6-3-5-16(14-18)19(28-17-9-7-15(8-10-17)20(24)25)21-29-23(32)31(30-21)22-26-11-4-12-27-22/h2-12,14,19,28H,1,13H2,(H3,24,25)(H,29,30,32). The third-order valence-corrected chi connectivity index (χ3v) is 4.72. The van der Waals surface area contributed by atoms with Crippen molar-refractivity contribution in [3.63, 3.8) is 0 Å². The molecule has 166 valence electrons. The Balaban J connectivity index is 1.74. The molecule has 0 saturated carbocycles. The molecule has 4 aromatic rings. The fraction of sp³-hybridized carbons (Fsp3) is 0.0870. The Hall–Kier alpha value is -4.73. The quantitative estimate of drug-likeness (QED) is 0.177. The Morgan fingerprint density at radius 3 is 2.67 bits per heavy atom. The molecule has 1 unspecified atom stereocenters. The number of aromatic nitrogens is 5. The molecule has 0 aliphatic rings. The van der Waals surface area contributed by atoms with Crippen LogP contribution in [0, 0.1) is 5.41 Å². The SMILES string of the molecule is C=CCOc1cccc(C(Nc2ccc(C(=N)N)cc2)c2nn(-c3ncccn3)c(=O)[nH]2)c1. The van der Waals surface area contributed by atoms with Gasteiger partial charge in [-0.3, -0.25) is 10.4 Å². The topological polar surface area (TPSA) is 148 Å². The smallest absolute Gasteiger partial charge is 0.350 e. The number of ether oxygens (including phenoxy) is 1. The Bertz CT molecular complexity index is 1310. The van der Waals surface area contributed by atoms with Crippen LogP contribution >= 0.6 is 0 Å². The number of hydrogen-bond acceptors (Lipinski definition) is 7. The molecule has 0 fully saturated rings. The third-order valence-electron chi connectivity index (χ3n) is 4.72. The highest BCUT2D eigenvalue weighted by atomic mass is 16.5. The zero-order valence-electron chi connectivity index (χ0n) is 17.6. The molecule has 33 heavy (non-hydrogen) atoms. The van der Waals surface area contributed by atoms with Gasteiger partial charge in [-0.2, -0.15) is 0 Å². The van der Waals surface area contributed by atoms with E-state index in [9.17, 15) is 4.79 Å². The van der Waals surface area contributed by atoms with E-state index in [0.717, 1.165) is 15.9 Å². The number of anilines is 1. The van der Waals surface area contributed by atoms with Crippen molar-refractivity contribution in [1.29, 1.82) is 5.41 Å². The second-order valence-corrected chi connectivity index (χ2v) is 7.02. The van der Waals surface area contributed by atoms with Gasteiger partial charge in [0, 0.05) is 23.6 Å². The minimum Gasteiger partial charge on any atom is -0.490 e. The number of nitrogen functional groups attached to an aromatic ring is 1. The molecule has 10 heteroatoms. The number of nitrogens with one attached hydrogen (secondary N) is 3. The largest absolute Gasteiger partial charge is 0.490 e. The van der Waals surface area contributed by atoms with Crippen molar-refractivity contribution in [2.45, 2.75) is 6.04 Å². The number of H-pyrrole nitrogens is 1. The lowest BCUT2D eigenvalue weighted by molar-refractivity contribution is 0.362. The molecule has 0 spiro atoms. The van der Waals surface area contributed by atoms with Crippen molar-refractivity contribution in [2.24, 2.45) is 5.73 Å². The van der Waals surface area contributed by atoms with Crippen LogP contribution in [0.4, 0.5) is 5.69 Å². The van der Waals surface area contributed by atoms with Crippen LogP contribution in [0.25, 0.3) is 5.95 Å². The van der Waals surface area contributed by atoms with Crippen LogP contribution < -0.4 is 21.5 Å². The maximum atomic E-state index is 12.6. The molecule has 0 saturated heterocycles. The molecule has 0 aliphatic carbocycles. The zero-order chi connectivity index (χ0) is 23.2. The van der Waals surface area contributed by atoms with Gasteiger partial charge in [0.25, 0.3) is 5.95 Å². The van der Waals surface area contributed by atoms with Crippen molar-refractivity contribution >= 4 is 11.5 Å². The summed E-state index contributed by atoms with van der Waals surface area (Å²) in [5.74, 6) is 1.16. The first-order chi connectivity index (χ1) is 16.0. The molecule has 0 aliphatic heterocycles. The number of rotatable bonds is 9. The minimum atomic E-state index is -0.530. The summed E-state index contributed by atoms with van der Waals surface area (Å²) in [5, 5.41) is 15.4. The number of amidine groups is 1. The average molecular weight is 442 g/mol. The zero-order valence-corrected chi connectivity index (χ0v) is 17.6. The van der Waals surface area contributed by atoms with E-state index in [1.165, 1.54) is 12.4 Å². The first-order valence-corrected chi connectivity index (χ1v) is 10.1. The molecular weight excluding hydrogens is 420 g/mol. The summed E-state index contributed by atoms with van der Waals surface area (Å²) in [6, 6.07) is 15.7. The number of nitrogens with zero attached hydrogens (tertiary/aromatic N) is 4. The Morgan fingerprint density at radius 1 is 1.21 bits per heavy atom. The maximum absolute atomic E-state index is 12.6. The van der Waals surface area contributed by atoms with Gasteiger partial charge in [0.1, 0.15) is 24.2 Å². The number of benzene rings is 2. The van der Waals surface area contributed by atoms with Gasteiger partial charge in [-0.1, -0.05) is 24.8 Å². The Kier molecular flexibility index (Phi) is 6.26. The summed E-state index contributed by atoms with van der Waals surface area (Å²) in [5.41, 5.74) is 7.25. The van der Waals surface area contributed by atoms with Crippen LogP contribution in [-0.2, 0) is 0 Å². The molecule has 2 aromatic heterocycles. The van der Waals surface area contributed by atoms with Crippen molar-refractivity contribution in [3.05, 3.63) is 107 Å². The van der Waals surface area contributed by atoms with E-state index in [-0.39, 0.29) is 11.8 Å². The second-order valence-electron chi connectivity index (χ2n) is 7.02. The van der Waals surface area contributed by atoms with Crippen LogP contribution in [0.15, 0.2) is 84.4 Å². The predicted octanol–water partition coefficient (Wildman–Crippen LogP) is 2.40. The lowest BCUT2D eigenvalue weighted by Crippen LogP contribution is -2.18. The molecule has 4 rings (SSSR count). The van der Waals surface area contributed by atoms with E-state index in [1.807, 2.05) is 24.3 Å². The van der Waals surface area contributed by atoms with E-state index in [1.54, 1.807) is 36.4 Å². The molecule has 2 aromatic carbocycles. The van der Waals surface area contributed by atoms with E-state index >= 15 is 0 Å². The molecule has 10 nitrogen and oxygen atoms in total. The predicted molar refractivity (Wildman–Crippen MR) is 125 cm³/mol. The van der Waals surface area contributed by atoms with Crippen LogP contribution in [-0.4, -0.2) is 37.2 Å². The number of hydrogen-bond donors (Lipinski definition) is 4. The summed E-state index contributed by atoms with van der Waals surface area (Å²) in [4.78, 5) is 23.6. The molecule has 5 N–H and O–H groups in total. The summed E-state index contributed by atoms with van der Waals surface area (Å²) in [6.45, 7) is 4.04. The van der Waals surface area contributed by atoms with Crippen LogP contribution in [0.2, 0.25) is 0 Å². The number of nitrogens with two attached hydrogens (primary N) is 1. The fourth-order valence-corrected chi connectivity index (χ4v) is 3.17. The lowest BCUT2D eigenvalue weighted by Gasteiger charge is -2.19. The van der Waals surface area contributed by atoms with Gasteiger partial charge in [-0.25, -0.2) is 14.8 Å². The van der Waals surface area contributed by atoms with Crippen LogP contribution in [0.5, 0.6) is 5.75 Å². The third kappa shape index (κ3) is 4.96. The second kappa shape index (κ2) is 9.60. The normalized spacial score (nSPS) is 11.5. The van der Waals surface area contributed by atoms with Crippen LogP contribution in [0.3, 0.4) is 0 Å². The highest BCUT2D eigenvalue weighted by Gasteiger charge is 2.21. The molecule has 0 radical (unpaired) electrons. The van der Waals surface area contributed by atoms with Crippen molar-refractivity contribution in [3.8, 4) is 11.7 Å². The van der Waals surface area contributed by atoms with Gasteiger partial charge < -0.3 is 15.8 Å². The Morgan fingerprint density at radius 2 is 1.97 bits per heavy atom.